The number of rotatable bonds is 5. The van der Waals surface area contributed by atoms with Gasteiger partial charge in [0.25, 0.3) is 0 Å². The zero-order valence-corrected chi connectivity index (χ0v) is 14.6. The van der Waals surface area contributed by atoms with Gasteiger partial charge in [-0.1, -0.05) is 60.3 Å². The van der Waals surface area contributed by atoms with Crippen LogP contribution in [0.4, 0.5) is 11.5 Å². The highest BCUT2D eigenvalue weighted by Crippen LogP contribution is 2.27. The molecule has 6 heteroatoms. The van der Waals surface area contributed by atoms with E-state index in [1.165, 1.54) is 11.8 Å². The van der Waals surface area contributed by atoms with Crippen LogP contribution in [0.25, 0.3) is 11.1 Å². The Balaban J connectivity index is 1.69. The number of hydrogen-bond acceptors (Lipinski definition) is 5. The van der Waals surface area contributed by atoms with E-state index in [0.29, 0.717) is 11.0 Å². The molecule has 0 unspecified atom stereocenters. The number of nitrogens with zero attached hydrogens (tertiary/aromatic N) is 2. The first-order valence-electron chi connectivity index (χ1n) is 7.80. The second kappa shape index (κ2) is 7.81. The normalized spacial score (nSPS) is 10.4. The first-order chi connectivity index (χ1) is 12.1. The quantitative estimate of drug-likeness (QED) is 0.541. The largest absolute Gasteiger partial charge is 0.384 e. The summed E-state index contributed by atoms with van der Waals surface area (Å²) in [6, 6.07) is 19.4. The number of amides is 1. The summed E-state index contributed by atoms with van der Waals surface area (Å²) >= 11 is 1.26. The molecule has 0 saturated heterocycles. The molecule has 0 radical (unpaired) electrons. The van der Waals surface area contributed by atoms with E-state index in [1.807, 2.05) is 61.5 Å². The van der Waals surface area contributed by atoms with Gasteiger partial charge in [0.15, 0.2) is 5.16 Å². The summed E-state index contributed by atoms with van der Waals surface area (Å²) in [6.07, 6.45) is 0. The zero-order chi connectivity index (χ0) is 17.6. The average molecular weight is 350 g/mol. The second-order valence-electron chi connectivity index (χ2n) is 5.47. The molecule has 3 N–H and O–H groups in total. The molecular formula is C19H18N4OS. The number of thioether (sulfide) groups is 1. The Morgan fingerprint density at radius 3 is 2.56 bits per heavy atom. The Labute approximate surface area is 150 Å². The van der Waals surface area contributed by atoms with Crippen molar-refractivity contribution >= 4 is 29.2 Å². The molecule has 1 amide bonds. The highest BCUT2D eigenvalue weighted by atomic mass is 32.2. The summed E-state index contributed by atoms with van der Waals surface area (Å²) < 4.78 is 0. The Morgan fingerprint density at radius 2 is 1.80 bits per heavy atom. The number of carbonyl (C=O) groups is 1. The van der Waals surface area contributed by atoms with Crippen LogP contribution in [0.3, 0.4) is 0 Å². The molecule has 3 rings (SSSR count). The molecule has 5 nitrogen and oxygen atoms in total. The van der Waals surface area contributed by atoms with E-state index in [-0.39, 0.29) is 11.7 Å². The summed E-state index contributed by atoms with van der Waals surface area (Å²) in [4.78, 5) is 20.7. The van der Waals surface area contributed by atoms with E-state index in [0.717, 1.165) is 22.5 Å². The van der Waals surface area contributed by atoms with Gasteiger partial charge in [0.2, 0.25) is 5.91 Å². The number of aryl methyl sites for hydroxylation is 1. The van der Waals surface area contributed by atoms with Crippen molar-refractivity contribution in [3.05, 3.63) is 66.4 Å². The van der Waals surface area contributed by atoms with Crippen molar-refractivity contribution in [2.24, 2.45) is 0 Å². The third kappa shape index (κ3) is 4.58. The van der Waals surface area contributed by atoms with Crippen LogP contribution >= 0.6 is 11.8 Å². The summed E-state index contributed by atoms with van der Waals surface area (Å²) in [5.74, 6) is 0.508. The molecule has 0 saturated carbocycles. The molecule has 0 aliphatic carbocycles. The minimum atomic E-state index is -0.114. The molecular weight excluding hydrogens is 332 g/mol. The number of nitrogen functional groups attached to an aromatic ring is 1. The van der Waals surface area contributed by atoms with Gasteiger partial charge in [-0.15, -0.1) is 0 Å². The van der Waals surface area contributed by atoms with E-state index in [9.17, 15) is 4.79 Å². The number of nitrogens with two attached hydrogens (primary N) is 1. The lowest BCUT2D eigenvalue weighted by molar-refractivity contribution is -0.113. The van der Waals surface area contributed by atoms with Gasteiger partial charge in [0.05, 0.1) is 5.75 Å². The summed E-state index contributed by atoms with van der Waals surface area (Å²) in [5, 5.41) is 3.47. The molecule has 1 aromatic heterocycles. The zero-order valence-electron chi connectivity index (χ0n) is 13.8. The van der Waals surface area contributed by atoms with Crippen molar-refractivity contribution in [3.8, 4) is 11.1 Å². The van der Waals surface area contributed by atoms with Crippen LogP contribution in [0, 0.1) is 6.92 Å². The van der Waals surface area contributed by atoms with E-state index in [4.69, 9.17) is 5.73 Å². The average Bonchev–Trinajstić information content (AvgIpc) is 2.60. The third-order valence-corrected chi connectivity index (χ3v) is 4.32. The van der Waals surface area contributed by atoms with E-state index >= 15 is 0 Å². The standard InChI is InChI=1S/C19H18N4OS/c1-13-11-17(20)23-19(21-13)25-12-18(24)22-16-10-6-5-9-15(16)14-7-3-2-4-8-14/h2-11H,12H2,1H3,(H,22,24)(H2,20,21,23). The molecule has 0 aliphatic rings. The van der Waals surface area contributed by atoms with Gasteiger partial charge in [0, 0.05) is 23.0 Å². The number of aromatic nitrogens is 2. The second-order valence-corrected chi connectivity index (χ2v) is 6.41. The number of nitrogens with one attached hydrogen (secondary N) is 1. The summed E-state index contributed by atoms with van der Waals surface area (Å²) in [5.41, 5.74) is 9.31. The predicted molar refractivity (Wildman–Crippen MR) is 102 cm³/mol. The van der Waals surface area contributed by atoms with Crippen LogP contribution in [0.15, 0.2) is 65.8 Å². The van der Waals surface area contributed by atoms with Gasteiger partial charge in [-0.05, 0) is 18.6 Å². The van der Waals surface area contributed by atoms with Crippen molar-refractivity contribution in [2.45, 2.75) is 12.1 Å². The Bertz CT molecular complexity index is 863. The smallest absolute Gasteiger partial charge is 0.234 e. The van der Waals surface area contributed by atoms with Crippen molar-refractivity contribution in [3.63, 3.8) is 0 Å². The molecule has 0 fully saturated rings. The molecule has 0 atom stereocenters. The predicted octanol–water partition coefficient (Wildman–Crippen LogP) is 3.77. The fraction of sp³-hybridized carbons (Fsp3) is 0.105. The highest BCUT2D eigenvalue weighted by Gasteiger charge is 2.10. The van der Waals surface area contributed by atoms with E-state index in [2.05, 4.69) is 15.3 Å². The minimum absolute atomic E-state index is 0.114. The molecule has 25 heavy (non-hydrogen) atoms. The molecule has 0 aliphatic heterocycles. The summed E-state index contributed by atoms with van der Waals surface area (Å²) in [7, 11) is 0. The van der Waals surface area contributed by atoms with E-state index < -0.39 is 0 Å². The fourth-order valence-corrected chi connectivity index (χ4v) is 3.12. The van der Waals surface area contributed by atoms with Gasteiger partial charge < -0.3 is 11.1 Å². The number of carbonyl (C=O) groups excluding carboxylic acids is 1. The van der Waals surface area contributed by atoms with Crippen molar-refractivity contribution < 1.29 is 4.79 Å². The first-order valence-corrected chi connectivity index (χ1v) is 8.78. The van der Waals surface area contributed by atoms with Gasteiger partial charge in [-0.3, -0.25) is 4.79 Å². The van der Waals surface area contributed by atoms with Crippen molar-refractivity contribution in [1.82, 2.24) is 9.97 Å². The number of benzene rings is 2. The maximum atomic E-state index is 12.3. The molecule has 1 heterocycles. The van der Waals surface area contributed by atoms with Gasteiger partial charge >= 0.3 is 0 Å². The molecule has 2 aromatic carbocycles. The molecule has 126 valence electrons. The SMILES string of the molecule is Cc1cc(N)nc(SCC(=O)Nc2ccccc2-c2ccccc2)n1. The minimum Gasteiger partial charge on any atom is -0.384 e. The number of anilines is 2. The number of para-hydroxylation sites is 1. The van der Waals surface area contributed by atoms with Gasteiger partial charge in [0.1, 0.15) is 5.82 Å². The maximum absolute atomic E-state index is 12.3. The monoisotopic (exact) mass is 350 g/mol. The molecule has 0 spiro atoms. The van der Waals surface area contributed by atoms with Crippen LogP contribution in [0.2, 0.25) is 0 Å². The number of hydrogen-bond donors (Lipinski definition) is 2. The lowest BCUT2D eigenvalue weighted by Gasteiger charge is -2.11. The lowest BCUT2D eigenvalue weighted by Crippen LogP contribution is -2.15. The maximum Gasteiger partial charge on any atom is 0.234 e. The Morgan fingerprint density at radius 1 is 1.08 bits per heavy atom. The molecule has 3 aromatic rings. The Hall–Kier alpha value is -2.86. The van der Waals surface area contributed by atoms with Crippen LogP contribution in [-0.2, 0) is 4.79 Å². The van der Waals surface area contributed by atoms with Gasteiger partial charge in [-0.25, -0.2) is 9.97 Å². The van der Waals surface area contributed by atoms with Crippen molar-refractivity contribution in [1.29, 1.82) is 0 Å². The first kappa shape index (κ1) is 17.0. The van der Waals surface area contributed by atoms with Crippen LogP contribution in [0.1, 0.15) is 5.69 Å². The third-order valence-electron chi connectivity index (χ3n) is 3.47. The van der Waals surface area contributed by atoms with Crippen LogP contribution < -0.4 is 11.1 Å². The highest BCUT2D eigenvalue weighted by molar-refractivity contribution is 7.99. The fourth-order valence-electron chi connectivity index (χ4n) is 2.41. The van der Waals surface area contributed by atoms with Crippen LogP contribution in [0.5, 0.6) is 0 Å². The van der Waals surface area contributed by atoms with E-state index in [1.54, 1.807) is 6.07 Å². The van der Waals surface area contributed by atoms with Crippen molar-refractivity contribution in [2.75, 3.05) is 16.8 Å². The Kier molecular flexibility index (Phi) is 5.30. The molecule has 0 bridgehead atoms. The topological polar surface area (TPSA) is 80.9 Å². The van der Waals surface area contributed by atoms with Gasteiger partial charge in [-0.2, -0.15) is 0 Å². The lowest BCUT2D eigenvalue weighted by atomic mass is 10.0. The van der Waals surface area contributed by atoms with Crippen LogP contribution in [-0.4, -0.2) is 21.6 Å². The summed E-state index contributed by atoms with van der Waals surface area (Å²) in [6.45, 7) is 1.85.